The van der Waals surface area contributed by atoms with E-state index in [0.29, 0.717) is 23.5 Å². The van der Waals surface area contributed by atoms with E-state index in [1.165, 1.54) is 5.56 Å². The molecule has 5 nitrogen and oxygen atoms in total. The Morgan fingerprint density at radius 2 is 1.48 bits per heavy atom. The number of carbonyl (C=O) groups is 2. The molecule has 0 saturated carbocycles. The van der Waals surface area contributed by atoms with Gasteiger partial charge in [-0.3, -0.25) is 9.59 Å². The van der Waals surface area contributed by atoms with Crippen molar-refractivity contribution in [3.63, 3.8) is 0 Å². The monoisotopic (exact) mass is 416 g/mol. The quantitative estimate of drug-likeness (QED) is 0.574. The van der Waals surface area contributed by atoms with Crippen molar-refractivity contribution >= 4 is 17.5 Å². The summed E-state index contributed by atoms with van der Waals surface area (Å²) in [6.07, 6.45) is 0. The highest BCUT2D eigenvalue weighted by atomic mass is 16.5. The Labute approximate surface area is 183 Å². The van der Waals surface area contributed by atoms with Gasteiger partial charge in [-0.05, 0) is 52.9 Å². The molecule has 3 aromatic rings. The zero-order valence-corrected chi connectivity index (χ0v) is 18.1. The van der Waals surface area contributed by atoms with Gasteiger partial charge < -0.3 is 15.4 Å². The number of carbonyl (C=O) groups excluding carboxylic acids is 2. The van der Waals surface area contributed by atoms with Gasteiger partial charge in [0.15, 0.2) is 6.61 Å². The second kappa shape index (κ2) is 9.94. The maximum Gasteiger partial charge on any atom is 0.262 e. The first kappa shape index (κ1) is 22.1. The van der Waals surface area contributed by atoms with Crippen LogP contribution in [0.3, 0.4) is 0 Å². The van der Waals surface area contributed by atoms with Gasteiger partial charge in [0.2, 0.25) is 0 Å². The van der Waals surface area contributed by atoms with E-state index < -0.39 is 0 Å². The van der Waals surface area contributed by atoms with Crippen LogP contribution in [0.2, 0.25) is 0 Å². The first-order chi connectivity index (χ1) is 14.8. The molecular weight excluding hydrogens is 388 g/mol. The summed E-state index contributed by atoms with van der Waals surface area (Å²) in [7, 11) is 0. The molecule has 0 bridgehead atoms. The van der Waals surface area contributed by atoms with Crippen LogP contribution in [0.1, 0.15) is 42.3 Å². The Hall–Kier alpha value is -3.60. The molecule has 0 aliphatic carbocycles. The van der Waals surface area contributed by atoms with Crippen LogP contribution in [-0.4, -0.2) is 18.4 Å². The van der Waals surface area contributed by atoms with Crippen LogP contribution in [0, 0.1) is 0 Å². The fraction of sp³-hybridized carbons (Fsp3) is 0.231. The number of anilines is 1. The average Bonchev–Trinajstić information content (AvgIpc) is 2.77. The molecule has 31 heavy (non-hydrogen) atoms. The predicted octanol–water partition coefficient (Wildman–Crippen LogP) is 4.93. The van der Waals surface area contributed by atoms with Gasteiger partial charge in [-0.1, -0.05) is 63.2 Å². The molecule has 2 amide bonds. The molecule has 0 spiro atoms. The van der Waals surface area contributed by atoms with E-state index in [1.807, 2.05) is 54.6 Å². The first-order valence-corrected chi connectivity index (χ1v) is 10.3. The molecule has 5 heteroatoms. The number of rotatable bonds is 7. The lowest BCUT2D eigenvalue weighted by molar-refractivity contribution is -0.118. The van der Waals surface area contributed by atoms with Crippen molar-refractivity contribution in [3.8, 4) is 5.75 Å². The zero-order valence-electron chi connectivity index (χ0n) is 18.1. The van der Waals surface area contributed by atoms with Gasteiger partial charge >= 0.3 is 0 Å². The van der Waals surface area contributed by atoms with Crippen molar-refractivity contribution in [1.29, 1.82) is 0 Å². The van der Waals surface area contributed by atoms with Gasteiger partial charge in [0, 0.05) is 17.8 Å². The average molecular weight is 417 g/mol. The summed E-state index contributed by atoms with van der Waals surface area (Å²) in [6.45, 7) is 6.82. The number of benzene rings is 3. The fourth-order valence-corrected chi connectivity index (χ4v) is 2.98. The minimum atomic E-state index is -0.263. The molecule has 0 aliphatic heterocycles. The second-order valence-electron chi connectivity index (χ2n) is 8.36. The van der Waals surface area contributed by atoms with Crippen molar-refractivity contribution in [2.45, 2.75) is 32.7 Å². The van der Waals surface area contributed by atoms with Crippen LogP contribution in [-0.2, 0) is 16.8 Å². The number of hydrogen-bond donors (Lipinski definition) is 2. The summed E-state index contributed by atoms with van der Waals surface area (Å²) in [5.74, 6) is 0.221. The van der Waals surface area contributed by atoms with Crippen molar-refractivity contribution < 1.29 is 14.3 Å². The molecule has 0 unspecified atom stereocenters. The highest BCUT2D eigenvalue weighted by molar-refractivity contribution is 5.96. The molecule has 3 aromatic carbocycles. The Morgan fingerprint density at radius 1 is 0.839 bits per heavy atom. The van der Waals surface area contributed by atoms with E-state index in [0.717, 1.165) is 5.56 Å². The molecule has 0 aromatic heterocycles. The smallest absolute Gasteiger partial charge is 0.262 e. The molecule has 160 valence electrons. The topological polar surface area (TPSA) is 67.4 Å². The van der Waals surface area contributed by atoms with Crippen LogP contribution < -0.4 is 15.4 Å². The van der Waals surface area contributed by atoms with Gasteiger partial charge in [-0.2, -0.15) is 0 Å². The summed E-state index contributed by atoms with van der Waals surface area (Å²) in [5, 5.41) is 5.66. The summed E-state index contributed by atoms with van der Waals surface area (Å²) in [4.78, 5) is 24.5. The Kier molecular flexibility index (Phi) is 7.08. The van der Waals surface area contributed by atoms with Gasteiger partial charge in [0.1, 0.15) is 5.75 Å². The van der Waals surface area contributed by atoms with Crippen LogP contribution in [0.5, 0.6) is 5.75 Å². The summed E-state index contributed by atoms with van der Waals surface area (Å²) >= 11 is 0. The predicted molar refractivity (Wildman–Crippen MR) is 123 cm³/mol. The van der Waals surface area contributed by atoms with Crippen molar-refractivity contribution in [1.82, 2.24) is 5.32 Å². The minimum Gasteiger partial charge on any atom is -0.484 e. The van der Waals surface area contributed by atoms with Crippen molar-refractivity contribution in [2.75, 3.05) is 11.9 Å². The Bertz CT molecular complexity index is 1010. The summed E-state index contributed by atoms with van der Waals surface area (Å²) < 4.78 is 5.57. The molecule has 0 fully saturated rings. The Morgan fingerprint density at radius 3 is 2.10 bits per heavy atom. The standard InChI is InChI=1S/C26H28N2O3/c1-26(2,3)21-11-15-23(16-12-21)31-18-24(29)28-22-13-9-20(10-14-22)25(30)27-17-19-7-5-4-6-8-19/h4-16H,17-18H2,1-3H3,(H,27,30)(H,28,29). The van der Waals surface area contributed by atoms with E-state index in [9.17, 15) is 9.59 Å². The second-order valence-corrected chi connectivity index (χ2v) is 8.36. The summed E-state index contributed by atoms with van der Waals surface area (Å²) in [6, 6.07) is 24.3. The maximum atomic E-state index is 12.3. The van der Waals surface area contributed by atoms with Gasteiger partial charge in [-0.25, -0.2) is 0 Å². The molecule has 0 aliphatic rings. The number of ether oxygens (including phenoxy) is 1. The number of amides is 2. The molecule has 2 N–H and O–H groups in total. The third-order valence-electron chi connectivity index (χ3n) is 4.82. The Balaban J connectivity index is 1.46. The number of hydrogen-bond acceptors (Lipinski definition) is 3. The maximum absolute atomic E-state index is 12.3. The van der Waals surface area contributed by atoms with E-state index in [-0.39, 0.29) is 23.8 Å². The third kappa shape index (κ3) is 6.71. The molecule has 0 saturated heterocycles. The van der Waals surface area contributed by atoms with E-state index in [2.05, 4.69) is 31.4 Å². The third-order valence-corrected chi connectivity index (χ3v) is 4.82. The lowest BCUT2D eigenvalue weighted by atomic mass is 9.87. The molecular formula is C26H28N2O3. The summed E-state index contributed by atoms with van der Waals surface area (Å²) in [5.41, 5.74) is 3.45. The van der Waals surface area contributed by atoms with Crippen LogP contribution in [0.4, 0.5) is 5.69 Å². The van der Waals surface area contributed by atoms with Crippen LogP contribution in [0.15, 0.2) is 78.9 Å². The highest BCUT2D eigenvalue weighted by Gasteiger charge is 2.13. The molecule has 0 radical (unpaired) electrons. The van der Waals surface area contributed by atoms with Crippen molar-refractivity contribution in [2.24, 2.45) is 0 Å². The van der Waals surface area contributed by atoms with Gasteiger partial charge in [0.05, 0.1) is 0 Å². The normalized spacial score (nSPS) is 10.9. The van der Waals surface area contributed by atoms with E-state index in [4.69, 9.17) is 4.74 Å². The minimum absolute atomic E-state index is 0.0700. The van der Waals surface area contributed by atoms with E-state index in [1.54, 1.807) is 24.3 Å². The van der Waals surface area contributed by atoms with Crippen molar-refractivity contribution in [3.05, 3.63) is 95.6 Å². The molecule has 3 rings (SSSR count). The lowest BCUT2D eigenvalue weighted by Crippen LogP contribution is -2.23. The SMILES string of the molecule is CC(C)(C)c1ccc(OCC(=O)Nc2ccc(C(=O)NCc3ccccc3)cc2)cc1. The number of nitrogens with one attached hydrogen (secondary N) is 2. The van der Waals surface area contributed by atoms with Crippen LogP contribution >= 0.6 is 0 Å². The largest absolute Gasteiger partial charge is 0.484 e. The van der Waals surface area contributed by atoms with Gasteiger partial charge in [0.25, 0.3) is 11.8 Å². The molecule has 0 heterocycles. The van der Waals surface area contributed by atoms with E-state index >= 15 is 0 Å². The lowest BCUT2D eigenvalue weighted by Gasteiger charge is -2.19. The molecule has 0 atom stereocenters. The highest BCUT2D eigenvalue weighted by Crippen LogP contribution is 2.24. The fourth-order valence-electron chi connectivity index (χ4n) is 2.98. The van der Waals surface area contributed by atoms with Gasteiger partial charge in [-0.15, -0.1) is 0 Å². The first-order valence-electron chi connectivity index (χ1n) is 10.3. The van der Waals surface area contributed by atoms with Crippen LogP contribution in [0.25, 0.3) is 0 Å². The zero-order chi connectivity index (χ0) is 22.3.